The van der Waals surface area contributed by atoms with Gasteiger partial charge in [-0.2, -0.15) is 4.59 Å². The highest BCUT2D eigenvalue weighted by molar-refractivity contribution is 4.64. The van der Waals surface area contributed by atoms with Crippen molar-refractivity contribution in [3.05, 3.63) is 12.4 Å². The van der Waals surface area contributed by atoms with Gasteiger partial charge in [0.2, 0.25) is 0 Å². The van der Waals surface area contributed by atoms with Gasteiger partial charge in [-0.05, 0) is 4.91 Å². The summed E-state index contributed by atoms with van der Waals surface area (Å²) in [6.07, 6.45) is 3.34. The predicted molar refractivity (Wildman–Crippen MR) is 35.3 cm³/mol. The highest BCUT2D eigenvalue weighted by atomic mass is 15.8. The Morgan fingerprint density at radius 1 is 1.11 bits per heavy atom. The largest absolute Gasteiger partial charge is 0.190 e. The minimum atomic E-state index is 0.604. The van der Waals surface area contributed by atoms with Crippen LogP contribution >= 0.6 is 0 Å². The topological polar surface area (TPSA) is 30.7 Å². The smallest absolute Gasteiger partial charge is 0.0938 e. The van der Waals surface area contributed by atoms with Gasteiger partial charge in [-0.25, -0.2) is 0 Å². The number of rotatable bonds is 1. The van der Waals surface area contributed by atoms with Crippen LogP contribution < -0.4 is 4.59 Å². The molecular weight excluding hydrogens is 116 g/mol. The second-order valence-corrected chi connectivity index (χ2v) is 2.74. The van der Waals surface area contributed by atoms with Gasteiger partial charge in [0, 0.05) is 0 Å². The van der Waals surface area contributed by atoms with Crippen molar-refractivity contribution in [2.75, 3.05) is 21.1 Å². The predicted octanol–water partition coefficient (Wildman–Crippen LogP) is -0.394. The van der Waals surface area contributed by atoms with Crippen molar-refractivity contribution in [2.24, 2.45) is 0 Å². The molecule has 4 nitrogen and oxygen atoms in total. The van der Waals surface area contributed by atoms with E-state index in [1.165, 1.54) is 0 Å². The molecular formula is C5H11N4+. The van der Waals surface area contributed by atoms with E-state index >= 15 is 0 Å². The van der Waals surface area contributed by atoms with Crippen molar-refractivity contribution in [1.82, 2.24) is 19.7 Å². The monoisotopic (exact) mass is 127 g/mol. The van der Waals surface area contributed by atoms with E-state index in [2.05, 4.69) is 10.2 Å². The van der Waals surface area contributed by atoms with Crippen molar-refractivity contribution in [2.45, 2.75) is 0 Å². The zero-order valence-electron chi connectivity index (χ0n) is 5.94. The molecule has 4 heteroatoms. The number of quaternary nitrogens is 1. The number of aromatic nitrogens is 3. The van der Waals surface area contributed by atoms with Crippen LogP contribution in [-0.4, -0.2) is 36.2 Å². The minimum absolute atomic E-state index is 0.604. The number of nitrogens with zero attached hydrogens (tertiary/aromatic N) is 4. The van der Waals surface area contributed by atoms with Crippen molar-refractivity contribution >= 4 is 0 Å². The summed E-state index contributed by atoms with van der Waals surface area (Å²) in [5.41, 5.74) is 0. The maximum Gasteiger partial charge on any atom is 0.0938 e. The molecule has 0 N–H and O–H groups in total. The van der Waals surface area contributed by atoms with Gasteiger partial charge >= 0.3 is 0 Å². The Morgan fingerprint density at radius 2 is 1.56 bits per heavy atom. The molecule has 1 aromatic rings. The van der Waals surface area contributed by atoms with E-state index < -0.39 is 0 Å². The van der Waals surface area contributed by atoms with Crippen LogP contribution in [0, 0.1) is 0 Å². The molecule has 0 amide bonds. The molecule has 0 saturated heterocycles. The van der Waals surface area contributed by atoms with Gasteiger partial charge in [0.25, 0.3) is 0 Å². The van der Waals surface area contributed by atoms with Crippen molar-refractivity contribution < 1.29 is 0 Å². The lowest BCUT2D eigenvalue weighted by atomic mass is 10.9. The maximum absolute atomic E-state index is 3.97. The first-order valence-electron chi connectivity index (χ1n) is 2.79. The molecule has 0 radical (unpaired) electrons. The van der Waals surface area contributed by atoms with Crippen molar-refractivity contribution in [3.8, 4) is 0 Å². The van der Waals surface area contributed by atoms with Crippen LogP contribution in [0.5, 0.6) is 0 Å². The second kappa shape index (κ2) is 1.80. The lowest BCUT2D eigenvalue weighted by molar-refractivity contribution is 0.190. The Bertz CT molecular complexity index is 171. The molecule has 0 aliphatic heterocycles. The fraction of sp³-hybridized carbons (Fsp3) is 0.600. The Morgan fingerprint density at radius 3 is 1.78 bits per heavy atom. The summed E-state index contributed by atoms with van der Waals surface area (Å²) >= 11 is 0. The average Bonchev–Trinajstić information content (AvgIpc) is 2.08. The quantitative estimate of drug-likeness (QED) is 0.481. The van der Waals surface area contributed by atoms with Crippen LogP contribution in [0.3, 0.4) is 0 Å². The van der Waals surface area contributed by atoms with E-state index in [0.29, 0.717) is 4.59 Å². The van der Waals surface area contributed by atoms with Gasteiger partial charge in [-0.1, -0.05) is 0 Å². The lowest BCUT2D eigenvalue weighted by Gasteiger charge is -2.19. The highest BCUT2D eigenvalue weighted by Gasteiger charge is 2.09. The first-order chi connectivity index (χ1) is 4.11. The molecule has 0 aromatic carbocycles. The van der Waals surface area contributed by atoms with Crippen LogP contribution in [0.4, 0.5) is 0 Å². The van der Waals surface area contributed by atoms with Gasteiger partial charge < -0.3 is 0 Å². The van der Waals surface area contributed by atoms with E-state index in [9.17, 15) is 0 Å². The van der Waals surface area contributed by atoms with E-state index in [4.69, 9.17) is 0 Å². The third-order valence-corrected chi connectivity index (χ3v) is 0.943. The standard InChI is InChI=1S/C5H11N4/c1-9(2,3)8-6-4-5-7-8/h4-5H,1-3H3/q+1. The van der Waals surface area contributed by atoms with E-state index in [0.717, 1.165) is 0 Å². The molecule has 0 unspecified atom stereocenters. The van der Waals surface area contributed by atoms with Crippen LogP contribution in [0.1, 0.15) is 0 Å². The molecule has 0 aliphatic carbocycles. The summed E-state index contributed by atoms with van der Waals surface area (Å²) in [6, 6.07) is 0. The Balaban J connectivity index is 2.90. The highest BCUT2D eigenvalue weighted by Crippen LogP contribution is 1.84. The first kappa shape index (κ1) is 6.22. The minimum Gasteiger partial charge on any atom is -0.190 e. The Labute approximate surface area is 54.3 Å². The SMILES string of the molecule is C[N+](C)(C)n1nccn1. The van der Waals surface area contributed by atoms with Gasteiger partial charge in [0.05, 0.1) is 33.5 Å². The third kappa shape index (κ3) is 1.26. The summed E-state index contributed by atoms with van der Waals surface area (Å²) in [6.45, 7) is 0. The maximum atomic E-state index is 3.97. The normalized spacial score (nSPS) is 11.9. The van der Waals surface area contributed by atoms with Crippen molar-refractivity contribution in [3.63, 3.8) is 0 Å². The Kier molecular flexibility index (Phi) is 1.25. The molecule has 0 bridgehead atoms. The van der Waals surface area contributed by atoms with Crippen molar-refractivity contribution in [1.29, 1.82) is 0 Å². The Hall–Kier alpha value is -0.900. The second-order valence-electron chi connectivity index (χ2n) is 2.74. The van der Waals surface area contributed by atoms with Gasteiger partial charge in [0.1, 0.15) is 0 Å². The van der Waals surface area contributed by atoms with Gasteiger partial charge in [-0.3, -0.25) is 0 Å². The zero-order chi connectivity index (χ0) is 6.91. The molecule has 1 heterocycles. The molecule has 0 spiro atoms. The molecule has 0 atom stereocenters. The molecule has 0 saturated carbocycles. The summed E-state index contributed by atoms with van der Waals surface area (Å²) in [4.78, 5) is 1.62. The molecule has 1 rings (SSSR count). The van der Waals surface area contributed by atoms with Crippen LogP contribution in [0.2, 0.25) is 0 Å². The van der Waals surface area contributed by atoms with Crippen LogP contribution in [0.15, 0.2) is 12.4 Å². The summed E-state index contributed by atoms with van der Waals surface area (Å²) in [7, 11) is 6.00. The lowest BCUT2D eigenvalue weighted by Crippen LogP contribution is -2.48. The third-order valence-electron chi connectivity index (χ3n) is 0.943. The fourth-order valence-corrected chi connectivity index (χ4v) is 0.519. The summed E-state index contributed by atoms with van der Waals surface area (Å²) in [5, 5.41) is 7.93. The van der Waals surface area contributed by atoms with Crippen LogP contribution in [0.25, 0.3) is 0 Å². The van der Waals surface area contributed by atoms with E-state index in [1.54, 1.807) is 17.3 Å². The van der Waals surface area contributed by atoms with Gasteiger partial charge in [-0.15, -0.1) is 10.2 Å². The molecule has 0 fully saturated rings. The summed E-state index contributed by atoms with van der Waals surface area (Å²) in [5.74, 6) is 0. The zero-order valence-corrected chi connectivity index (χ0v) is 5.94. The van der Waals surface area contributed by atoms with Crippen LogP contribution in [-0.2, 0) is 0 Å². The number of hydrogen-bond donors (Lipinski definition) is 0. The van der Waals surface area contributed by atoms with E-state index in [-0.39, 0.29) is 0 Å². The average molecular weight is 127 g/mol. The van der Waals surface area contributed by atoms with E-state index in [1.807, 2.05) is 21.1 Å². The first-order valence-corrected chi connectivity index (χ1v) is 2.79. The molecule has 50 valence electrons. The molecule has 0 aliphatic rings. The van der Waals surface area contributed by atoms with Gasteiger partial charge in [0.15, 0.2) is 0 Å². The summed E-state index contributed by atoms with van der Waals surface area (Å²) < 4.78 is 0.604. The molecule has 1 aromatic heterocycles. The number of hydrogen-bond acceptors (Lipinski definition) is 2. The molecule has 9 heavy (non-hydrogen) atoms. The fourth-order valence-electron chi connectivity index (χ4n) is 0.519.